The quantitative estimate of drug-likeness (QED) is 0.737. The lowest BCUT2D eigenvalue weighted by molar-refractivity contribution is -0.117. The van der Waals surface area contributed by atoms with Gasteiger partial charge >= 0.3 is 0 Å². The maximum atomic E-state index is 12.9. The highest BCUT2D eigenvalue weighted by Crippen LogP contribution is 2.33. The summed E-state index contributed by atoms with van der Waals surface area (Å²) in [5.41, 5.74) is 1.71. The van der Waals surface area contributed by atoms with Crippen molar-refractivity contribution in [2.24, 2.45) is 0 Å². The average Bonchev–Trinajstić information content (AvgIpc) is 3.04. The lowest BCUT2D eigenvalue weighted by Gasteiger charge is -2.22. The van der Waals surface area contributed by atoms with Gasteiger partial charge in [0.2, 0.25) is 15.9 Å². The Morgan fingerprint density at radius 2 is 1.85 bits per heavy atom. The molecule has 0 fully saturated rings. The SMILES string of the molecule is C[C@H](Sc1ccccc1)C(=O)N1CCc2cc(S(=O)(=O)N(C)C)ccc21. The van der Waals surface area contributed by atoms with Gasteiger partial charge in [-0.25, -0.2) is 12.7 Å². The molecule has 0 unspecified atom stereocenters. The van der Waals surface area contributed by atoms with E-state index in [0.29, 0.717) is 13.0 Å². The van der Waals surface area contributed by atoms with Crippen LogP contribution in [0.2, 0.25) is 0 Å². The van der Waals surface area contributed by atoms with Gasteiger partial charge in [-0.3, -0.25) is 4.79 Å². The van der Waals surface area contributed by atoms with Crippen LogP contribution in [0.5, 0.6) is 0 Å². The number of fused-ring (bicyclic) bond motifs is 1. The third-order valence-electron chi connectivity index (χ3n) is 4.39. The molecule has 0 saturated carbocycles. The van der Waals surface area contributed by atoms with Crippen molar-refractivity contribution in [2.45, 2.75) is 28.4 Å². The molecule has 2 aromatic carbocycles. The molecule has 0 bridgehead atoms. The summed E-state index contributed by atoms with van der Waals surface area (Å²) in [5.74, 6) is 0.0424. The minimum absolute atomic E-state index is 0.0424. The summed E-state index contributed by atoms with van der Waals surface area (Å²) >= 11 is 1.53. The maximum Gasteiger partial charge on any atom is 0.242 e. The summed E-state index contributed by atoms with van der Waals surface area (Å²) < 4.78 is 25.8. The first-order valence-corrected chi connectivity index (χ1v) is 10.7. The molecular formula is C19H22N2O3S2. The topological polar surface area (TPSA) is 57.7 Å². The van der Waals surface area contributed by atoms with Crippen LogP contribution in [0.3, 0.4) is 0 Å². The second-order valence-electron chi connectivity index (χ2n) is 6.39. The van der Waals surface area contributed by atoms with Gasteiger partial charge < -0.3 is 4.90 Å². The van der Waals surface area contributed by atoms with Gasteiger partial charge in [0.15, 0.2) is 0 Å². The number of sulfonamides is 1. The van der Waals surface area contributed by atoms with Crippen LogP contribution in [0.4, 0.5) is 5.69 Å². The summed E-state index contributed by atoms with van der Waals surface area (Å²) in [6.07, 6.45) is 0.667. The number of thioether (sulfide) groups is 1. The Kier molecular flexibility index (Phi) is 5.41. The standard InChI is InChI=1S/C19H22N2O3S2/c1-14(25-16-7-5-4-6-8-16)19(22)21-12-11-15-13-17(9-10-18(15)21)26(23,24)20(2)3/h4-10,13-14H,11-12H2,1-3H3/t14-/m0/s1. The fraction of sp³-hybridized carbons (Fsp3) is 0.316. The molecule has 26 heavy (non-hydrogen) atoms. The first-order chi connectivity index (χ1) is 12.3. The Balaban J connectivity index is 1.80. The van der Waals surface area contributed by atoms with Crippen molar-refractivity contribution in [2.75, 3.05) is 25.5 Å². The van der Waals surface area contributed by atoms with Crippen LogP contribution < -0.4 is 4.90 Å². The molecule has 5 nitrogen and oxygen atoms in total. The average molecular weight is 391 g/mol. The van der Waals surface area contributed by atoms with Crippen molar-refractivity contribution >= 4 is 33.4 Å². The first kappa shape index (κ1) is 18.9. The summed E-state index contributed by atoms with van der Waals surface area (Å²) in [5, 5.41) is -0.214. The van der Waals surface area contributed by atoms with Crippen LogP contribution in [0.25, 0.3) is 0 Å². The Bertz CT molecular complexity index is 912. The molecular weight excluding hydrogens is 368 g/mol. The number of carbonyl (C=O) groups is 1. The number of hydrogen-bond donors (Lipinski definition) is 0. The number of anilines is 1. The van der Waals surface area contributed by atoms with Crippen molar-refractivity contribution in [3.8, 4) is 0 Å². The van der Waals surface area contributed by atoms with Gasteiger partial charge in [0.05, 0.1) is 10.1 Å². The van der Waals surface area contributed by atoms with Crippen molar-refractivity contribution in [3.63, 3.8) is 0 Å². The molecule has 0 aliphatic carbocycles. The predicted octanol–water partition coefficient (Wildman–Crippen LogP) is 3.01. The smallest absolute Gasteiger partial charge is 0.242 e. The number of hydrogen-bond acceptors (Lipinski definition) is 4. The molecule has 0 N–H and O–H groups in total. The highest BCUT2D eigenvalue weighted by Gasteiger charge is 2.30. The van der Waals surface area contributed by atoms with E-state index < -0.39 is 10.0 Å². The molecule has 1 heterocycles. The fourth-order valence-corrected chi connectivity index (χ4v) is 4.85. The lowest BCUT2D eigenvalue weighted by atomic mass is 10.2. The van der Waals surface area contributed by atoms with E-state index in [0.717, 1.165) is 16.1 Å². The summed E-state index contributed by atoms with van der Waals surface area (Å²) in [4.78, 5) is 16.0. The molecule has 7 heteroatoms. The van der Waals surface area contributed by atoms with Crippen LogP contribution in [-0.2, 0) is 21.2 Å². The van der Waals surface area contributed by atoms with E-state index >= 15 is 0 Å². The number of nitrogens with zero attached hydrogens (tertiary/aromatic N) is 2. The molecule has 3 rings (SSSR count). The van der Waals surface area contributed by atoms with Crippen molar-refractivity contribution in [1.29, 1.82) is 0 Å². The van der Waals surface area contributed by atoms with E-state index in [1.807, 2.05) is 37.3 Å². The third kappa shape index (κ3) is 3.65. The monoisotopic (exact) mass is 390 g/mol. The molecule has 1 atom stereocenters. The Morgan fingerprint density at radius 1 is 1.15 bits per heavy atom. The first-order valence-electron chi connectivity index (χ1n) is 8.39. The molecule has 1 aliphatic heterocycles. The molecule has 0 saturated heterocycles. The molecule has 0 spiro atoms. The highest BCUT2D eigenvalue weighted by atomic mass is 32.2. The predicted molar refractivity (Wildman–Crippen MR) is 105 cm³/mol. The van der Waals surface area contributed by atoms with Gasteiger partial charge in [-0.1, -0.05) is 18.2 Å². The Morgan fingerprint density at radius 3 is 2.50 bits per heavy atom. The third-order valence-corrected chi connectivity index (χ3v) is 7.31. The largest absolute Gasteiger partial charge is 0.311 e. The van der Waals surface area contributed by atoms with E-state index in [-0.39, 0.29) is 16.1 Å². The second-order valence-corrected chi connectivity index (χ2v) is 9.96. The Labute approximate surface area is 159 Å². The minimum Gasteiger partial charge on any atom is -0.311 e. The minimum atomic E-state index is -3.47. The summed E-state index contributed by atoms with van der Waals surface area (Å²) in [6, 6.07) is 14.9. The lowest BCUT2D eigenvalue weighted by Crippen LogP contribution is -2.35. The van der Waals surface area contributed by atoms with Crippen LogP contribution in [-0.4, -0.2) is 44.5 Å². The normalized spacial score (nSPS) is 15.2. The van der Waals surface area contributed by atoms with Gasteiger partial charge in [-0.2, -0.15) is 0 Å². The zero-order valence-corrected chi connectivity index (χ0v) is 16.7. The van der Waals surface area contributed by atoms with E-state index in [2.05, 4.69) is 0 Å². The van der Waals surface area contributed by atoms with Crippen LogP contribution >= 0.6 is 11.8 Å². The molecule has 0 radical (unpaired) electrons. The Hall–Kier alpha value is -1.83. The molecule has 2 aromatic rings. The summed E-state index contributed by atoms with van der Waals surface area (Å²) in [6.45, 7) is 2.49. The number of amides is 1. The van der Waals surface area contributed by atoms with Gasteiger partial charge in [-0.05, 0) is 49.2 Å². The van der Waals surface area contributed by atoms with Crippen molar-refractivity contribution in [3.05, 3.63) is 54.1 Å². The van der Waals surface area contributed by atoms with Crippen LogP contribution in [0.1, 0.15) is 12.5 Å². The van der Waals surface area contributed by atoms with E-state index in [1.54, 1.807) is 23.1 Å². The zero-order chi connectivity index (χ0) is 18.9. The van der Waals surface area contributed by atoms with E-state index in [1.165, 1.54) is 30.2 Å². The zero-order valence-electron chi connectivity index (χ0n) is 15.0. The molecule has 1 aliphatic rings. The maximum absolute atomic E-state index is 12.9. The van der Waals surface area contributed by atoms with Gasteiger partial charge in [0.1, 0.15) is 0 Å². The molecule has 138 valence electrons. The molecule has 0 aromatic heterocycles. The van der Waals surface area contributed by atoms with Crippen molar-refractivity contribution < 1.29 is 13.2 Å². The fourth-order valence-electron chi connectivity index (χ4n) is 2.95. The summed E-state index contributed by atoms with van der Waals surface area (Å²) in [7, 11) is -0.438. The van der Waals surface area contributed by atoms with Gasteiger partial charge in [0.25, 0.3) is 0 Å². The van der Waals surface area contributed by atoms with E-state index in [9.17, 15) is 13.2 Å². The number of rotatable bonds is 5. The molecule has 1 amide bonds. The second kappa shape index (κ2) is 7.42. The van der Waals surface area contributed by atoms with Crippen LogP contribution in [0.15, 0.2) is 58.3 Å². The highest BCUT2D eigenvalue weighted by molar-refractivity contribution is 8.00. The number of benzene rings is 2. The van der Waals surface area contributed by atoms with Crippen molar-refractivity contribution in [1.82, 2.24) is 4.31 Å². The van der Waals surface area contributed by atoms with Gasteiger partial charge in [-0.15, -0.1) is 11.8 Å². The van der Waals surface area contributed by atoms with Crippen LogP contribution in [0, 0.1) is 0 Å². The van der Waals surface area contributed by atoms with Gasteiger partial charge in [0, 0.05) is 31.2 Å². The number of carbonyl (C=O) groups excluding carboxylic acids is 1. The van der Waals surface area contributed by atoms with E-state index in [4.69, 9.17) is 0 Å².